The molecule has 0 fully saturated rings. The van der Waals surface area contributed by atoms with Gasteiger partial charge in [-0.2, -0.15) is 0 Å². The highest BCUT2D eigenvalue weighted by Crippen LogP contribution is 2.04. The molecule has 1 aromatic heterocycles. The Kier molecular flexibility index (Phi) is 4.30. The van der Waals surface area contributed by atoms with Crippen molar-refractivity contribution in [3.8, 4) is 0 Å². The molecule has 0 radical (unpaired) electrons. The van der Waals surface area contributed by atoms with Crippen LogP contribution < -0.4 is 5.32 Å². The van der Waals surface area contributed by atoms with Crippen LogP contribution in [0.4, 0.5) is 5.82 Å². The van der Waals surface area contributed by atoms with Crippen LogP contribution in [0.2, 0.25) is 0 Å². The zero-order valence-electron chi connectivity index (χ0n) is 9.34. The van der Waals surface area contributed by atoms with Gasteiger partial charge < -0.3 is 10.8 Å². The van der Waals surface area contributed by atoms with Crippen molar-refractivity contribution < 1.29 is 10.3 Å². The lowest BCUT2D eigenvalue weighted by Crippen LogP contribution is -2.12. The minimum absolute atomic E-state index is 0. The van der Waals surface area contributed by atoms with Crippen LogP contribution in [0.1, 0.15) is 16.1 Å². The normalized spacial score (nSPS) is 9.24. The first kappa shape index (κ1) is 12.8. The third kappa shape index (κ3) is 3.35. The van der Waals surface area contributed by atoms with Crippen LogP contribution in [0, 0.1) is 6.92 Å². The van der Waals surface area contributed by atoms with Crippen LogP contribution in [0.5, 0.6) is 0 Å². The van der Waals surface area contributed by atoms with E-state index >= 15 is 0 Å². The minimum Gasteiger partial charge on any atom is -0.412 e. The monoisotopic (exact) mass is 231 g/mol. The number of hydrogen-bond donors (Lipinski definition) is 1. The smallest absolute Gasteiger partial charge is 0.256 e. The molecule has 3 N–H and O–H groups in total. The molecular weight excluding hydrogens is 218 g/mol. The highest BCUT2D eigenvalue weighted by molar-refractivity contribution is 6.03. The molecule has 0 aliphatic rings. The van der Waals surface area contributed by atoms with Crippen LogP contribution in [0.15, 0.2) is 42.7 Å². The van der Waals surface area contributed by atoms with E-state index in [1.165, 1.54) is 6.20 Å². The van der Waals surface area contributed by atoms with Crippen LogP contribution >= 0.6 is 0 Å². The molecule has 0 atom stereocenters. The minimum atomic E-state index is -0.182. The molecule has 0 saturated heterocycles. The molecule has 1 heterocycles. The maximum Gasteiger partial charge on any atom is 0.256 e. The van der Waals surface area contributed by atoms with Crippen molar-refractivity contribution in [3.63, 3.8) is 0 Å². The highest BCUT2D eigenvalue weighted by atomic mass is 16.1. The average Bonchev–Trinajstić information content (AvgIpc) is 2.33. The van der Waals surface area contributed by atoms with Crippen molar-refractivity contribution in [2.75, 3.05) is 5.32 Å². The summed E-state index contributed by atoms with van der Waals surface area (Å²) in [5, 5.41) is 2.67. The standard InChI is InChI=1S/C12H11N3O.H2O/c1-9-7-14-11(8-13-9)15-12(16)10-5-3-2-4-6-10;/h2-8H,1H3,(H,14,15,16);1H2. The van der Waals surface area contributed by atoms with Gasteiger partial charge in [-0.15, -0.1) is 0 Å². The second-order valence-corrected chi connectivity index (χ2v) is 3.36. The summed E-state index contributed by atoms with van der Waals surface area (Å²) in [5.74, 6) is 0.276. The number of aryl methyl sites for hydroxylation is 1. The first-order valence-electron chi connectivity index (χ1n) is 4.91. The van der Waals surface area contributed by atoms with E-state index in [1.54, 1.807) is 18.3 Å². The van der Waals surface area contributed by atoms with Gasteiger partial charge in [-0.1, -0.05) is 18.2 Å². The van der Waals surface area contributed by atoms with Crippen LogP contribution in [0.25, 0.3) is 0 Å². The Morgan fingerprint density at radius 2 is 1.82 bits per heavy atom. The van der Waals surface area contributed by atoms with Crippen molar-refractivity contribution in [3.05, 3.63) is 54.0 Å². The van der Waals surface area contributed by atoms with Crippen LogP contribution in [0.3, 0.4) is 0 Å². The molecule has 2 aromatic rings. The number of amides is 1. The fourth-order valence-electron chi connectivity index (χ4n) is 1.24. The molecule has 0 unspecified atom stereocenters. The fraction of sp³-hybridized carbons (Fsp3) is 0.0833. The van der Waals surface area contributed by atoms with E-state index in [4.69, 9.17) is 0 Å². The van der Waals surface area contributed by atoms with Gasteiger partial charge in [0.15, 0.2) is 5.82 Å². The highest BCUT2D eigenvalue weighted by Gasteiger charge is 2.05. The summed E-state index contributed by atoms with van der Waals surface area (Å²) < 4.78 is 0. The lowest BCUT2D eigenvalue weighted by Gasteiger charge is -2.03. The van der Waals surface area contributed by atoms with E-state index in [0.29, 0.717) is 11.4 Å². The van der Waals surface area contributed by atoms with Gasteiger partial charge in [0.25, 0.3) is 5.91 Å². The van der Waals surface area contributed by atoms with E-state index in [1.807, 2.05) is 25.1 Å². The molecule has 0 saturated carbocycles. The maximum absolute atomic E-state index is 11.7. The number of hydrogen-bond acceptors (Lipinski definition) is 3. The lowest BCUT2D eigenvalue weighted by atomic mass is 10.2. The third-order valence-electron chi connectivity index (χ3n) is 2.06. The summed E-state index contributed by atoms with van der Waals surface area (Å²) in [6.45, 7) is 1.84. The molecule has 88 valence electrons. The quantitative estimate of drug-likeness (QED) is 0.842. The zero-order chi connectivity index (χ0) is 11.4. The number of rotatable bonds is 2. The second kappa shape index (κ2) is 5.72. The van der Waals surface area contributed by atoms with E-state index in [0.717, 1.165) is 5.69 Å². The third-order valence-corrected chi connectivity index (χ3v) is 2.06. The number of carbonyl (C=O) groups excluding carboxylic acids is 1. The molecule has 17 heavy (non-hydrogen) atoms. The van der Waals surface area contributed by atoms with Crippen LogP contribution in [-0.4, -0.2) is 21.4 Å². The fourth-order valence-corrected chi connectivity index (χ4v) is 1.24. The van der Waals surface area contributed by atoms with E-state index in [2.05, 4.69) is 15.3 Å². The van der Waals surface area contributed by atoms with Crippen molar-refractivity contribution in [2.45, 2.75) is 6.92 Å². The second-order valence-electron chi connectivity index (χ2n) is 3.36. The SMILES string of the molecule is Cc1cnc(NC(=O)c2ccccc2)cn1.O. The Morgan fingerprint density at radius 1 is 1.12 bits per heavy atom. The Hall–Kier alpha value is -2.27. The van der Waals surface area contributed by atoms with Gasteiger partial charge in [0.05, 0.1) is 18.1 Å². The summed E-state index contributed by atoms with van der Waals surface area (Å²) in [4.78, 5) is 19.8. The molecule has 1 aromatic carbocycles. The molecule has 1 amide bonds. The van der Waals surface area contributed by atoms with Crippen molar-refractivity contribution >= 4 is 11.7 Å². The Bertz CT molecular complexity index is 483. The van der Waals surface area contributed by atoms with E-state index in [-0.39, 0.29) is 11.4 Å². The molecule has 0 aliphatic carbocycles. The van der Waals surface area contributed by atoms with Gasteiger partial charge in [-0.05, 0) is 19.1 Å². The van der Waals surface area contributed by atoms with Gasteiger partial charge >= 0.3 is 0 Å². The van der Waals surface area contributed by atoms with Crippen LogP contribution in [-0.2, 0) is 0 Å². The van der Waals surface area contributed by atoms with Gasteiger partial charge in [0, 0.05) is 5.56 Å². The first-order chi connectivity index (χ1) is 7.75. The predicted octanol–water partition coefficient (Wildman–Crippen LogP) is 1.21. The zero-order valence-corrected chi connectivity index (χ0v) is 9.34. The van der Waals surface area contributed by atoms with E-state index < -0.39 is 0 Å². The van der Waals surface area contributed by atoms with Crippen molar-refractivity contribution in [1.29, 1.82) is 0 Å². The summed E-state index contributed by atoms with van der Waals surface area (Å²) in [7, 11) is 0. The Morgan fingerprint density at radius 3 is 2.41 bits per heavy atom. The molecule has 0 bridgehead atoms. The summed E-state index contributed by atoms with van der Waals surface area (Å²) in [6, 6.07) is 8.99. The molecule has 2 rings (SSSR count). The molecule has 5 nitrogen and oxygen atoms in total. The summed E-state index contributed by atoms with van der Waals surface area (Å²) in [6.07, 6.45) is 3.15. The topological polar surface area (TPSA) is 86.4 Å². The van der Waals surface area contributed by atoms with Crippen molar-refractivity contribution in [2.24, 2.45) is 0 Å². The van der Waals surface area contributed by atoms with Gasteiger partial charge in [0.2, 0.25) is 0 Å². The number of nitrogens with zero attached hydrogens (tertiary/aromatic N) is 2. The number of nitrogens with one attached hydrogen (secondary N) is 1. The first-order valence-corrected chi connectivity index (χ1v) is 4.91. The lowest BCUT2D eigenvalue weighted by molar-refractivity contribution is 0.102. The molecule has 5 heteroatoms. The van der Waals surface area contributed by atoms with Gasteiger partial charge in [-0.25, -0.2) is 4.98 Å². The largest absolute Gasteiger partial charge is 0.412 e. The number of anilines is 1. The molecule has 0 aliphatic heterocycles. The summed E-state index contributed by atoms with van der Waals surface area (Å²) in [5.41, 5.74) is 1.42. The van der Waals surface area contributed by atoms with Gasteiger partial charge in [0.1, 0.15) is 0 Å². The summed E-state index contributed by atoms with van der Waals surface area (Å²) >= 11 is 0. The predicted molar refractivity (Wildman–Crippen MR) is 64.8 cm³/mol. The molecule has 0 spiro atoms. The maximum atomic E-state index is 11.7. The number of aromatic nitrogens is 2. The van der Waals surface area contributed by atoms with E-state index in [9.17, 15) is 4.79 Å². The Labute approximate surface area is 98.8 Å². The van der Waals surface area contributed by atoms with Gasteiger partial charge in [-0.3, -0.25) is 9.78 Å². The Balaban J connectivity index is 0.00000144. The van der Waals surface area contributed by atoms with Crippen molar-refractivity contribution in [1.82, 2.24) is 9.97 Å². The number of benzene rings is 1. The molecular formula is C12H13N3O2. The average molecular weight is 231 g/mol. The number of carbonyl (C=O) groups is 1.